The van der Waals surface area contributed by atoms with E-state index in [2.05, 4.69) is 34.2 Å². The lowest BCUT2D eigenvalue weighted by atomic mass is 9.94. The number of carbonyl (C=O) groups excluding carboxylic acids is 1. The largest absolute Gasteiger partial charge is 0.294 e. The summed E-state index contributed by atoms with van der Waals surface area (Å²) in [4.78, 5) is 21.3. The molecule has 0 amide bonds. The SMILES string of the molecule is Cc1ccnc2c1C(=O)CC(c1ccc3ccccc3c1)=N2. The molecule has 2 aromatic carbocycles. The number of Topliss-reactive ketones (excluding diaryl/α,β-unsaturated/α-hetero) is 1. The Hall–Kier alpha value is -2.81. The van der Waals surface area contributed by atoms with Crippen molar-refractivity contribution in [2.24, 2.45) is 4.99 Å². The number of hydrogen-bond acceptors (Lipinski definition) is 3. The zero-order valence-corrected chi connectivity index (χ0v) is 12.2. The minimum absolute atomic E-state index is 0.0961. The van der Waals surface area contributed by atoms with E-state index in [0.29, 0.717) is 17.8 Å². The number of pyridine rings is 1. The fourth-order valence-electron chi connectivity index (χ4n) is 2.92. The standard InChI is InChI=1S/C19H14N2O/c1-12-8-9-20-19-18(12)17(22)11-16(21-19)15-7-6-13-4-2-3-5-14(13)10-15/h2-10H,11H2,1H3. The number of hydrogen-bond donors (Lipinski definition) is 0. The Bertz CT molecular complexity index is 941. The van der Waals surface area contributed by atoms with Crippen LogP contribution in [0.3, 0.4) is 0 Å². The number of benzene rings is 2. The summed E-state index contributed by atoms with van der Waals surface area (Å²) in [5.74, 6) is 0.637. The van der Waals surface area contributed by atoms with Gasteiger partial charge in [0.15, 0.2) is 11.6 Å². The lowest BCUT2D eigenvalue weighted by molar-refractivity contribution is 0.0999. The molecular formula is C19H14N2O. The van der Waals surface area contributed by atoms with E-state index in [9.17, 15) is 4.79 Å². The lowest BCUT2D eigenvalue weighted by Gasteiger charge is -2.16. The summed E-state index contributed by atoms with van der Waals surface area (Å²) in [5, 5.41) is 2.33. The number of ketones is 1. The van der Waals surface area contributed by atoms with Crippen molar-refractivity contribution in [3.8, 4) is 0 Å². The second-order valence-corrected chi connectivity index (χ2v) is 5.55. The lowest BCUT2D eigenvalue weighted by Crippen LogP contribution is -2.16. The van der Waals surface area contributed by atoms with Gasteiger partial charge in [0.05, 0.1) is 17.7 Å². The molecule has 0 saturated carbocycles. The minimum Gasteiger partial charge on any atom is -0.294 e. The summed E-state index contributed by atoms with van der Waals surface area (Å²) < 4.78 is 0. The molecule has 0 aliphatic carbocycles. The number of carbonyl (C=O) groups is 1. The number of aryl methyl sites for hydroxylation is 1. The molecule has 0 radical (unpaired) electrons. The van der Waals surface area contributed by atoms with Gasteiger partial charge < -0.3 is 0 Å². The highest BCUT2D eigenvalue weighted by atomic mass is 16.1. The molecule has 0 N–H and O–H groups in total. The number of nitrogens with zero attached hydrogens (tertiary/aromatic N) is 2. The summed E-state index contributed by atoms with van der Waals surface area (Å²) in [6.45, 7) is 1.93. The number of rotatable bonds is 1. The maximum Gasteiger partial charge on any atom is 0.172 e. The number of fused-ring (bicyclic) bond motifs is 2. The van der Waals surface area contributed by atoms with Crippen LogP contribution in [0.1, 0.15) is 27.9 Å². The van der Waals surface area contributed by atoms with Crippen LogP contribution in [0.25, 0.3) is 10.8 Å². The van der Waals surface area contributed by atoms with Gasteiger partial charge in [-0.15, -0.1) is 0 Å². The predicted molar refractivity (Wildman–Crippen MR) is 88.1 cm³/mol. The van der Waals surface area contributed by atoms with E-state index in [1.807, 2.05) is 31.2 Å². The van der Waals surface area contributed by atoms with E-state index in [0.717, 1.165) is 22.2 Å². The highest BCUT2D eigenvalue weighted by molar-refractivity contribution is 6.21. The molecular weight excluding hydrogens is 272 g/mol. The Morgan fingerprint density at radius 1 is 1.00 bits per heavy atom. The molecule has 1 aliphatic heterocycles. The molecule has 1 aliphatic rings. The first kappa shape index (κ1) is 12.9. The quantitative estimate of drug-likeness (QED) is 0.671. The molecule has 0 saturated heterocycles. The van der Waals surface area contributed by atoms with Crippen LogP contribution in [0.5, 0.6) is 0 Å². The first-order chi connectivity index (χ1) is 10.7. The molecule has 1 aromatic heterocycles. The first-order valence-corrected chi connectivity index (χ1v) is 7.28. The van der Waals surface area contributed by atoms with Crippen molar-refractivity contribution in [2.45, 2.75) is 13.3 Å². The van der Waals surface area contributed by atoms with Crippen molar-refractivity contribution < 1.29 is 4.79 Å². The molecule has 22 heavy (non-hydrogen) atoms. The van der Waals surface area contributed by atoms with E-state index < -0.39 is 0 Å². The molecule has 0 spiro atoms. The van der Waals surface area contributed by atoms with Crippen LogP contribution < -0.4 is 0 Å². The average Bonchev–Trinajstić information content (AvgIpc) is 2.54. The first-order valence-electron chi connectivity index (χ1n) is 7.28. The third-order valence-electron chi connectivity index (χ3n) is 4.07. The van der Waals surface area contributed by atoms with Gasteiger partial charge in [0.25, 0.3) is 0 Å². The van der Waals surface area contributed by atoms with Crippen molar-refractivity contribution in [1.29, 1.82) is 0 Å². The highest BCUT2D eigenvalue weighted by Crippen LogP contribution is 2.28. The normalized spacial score (nSPS) is 13.9. The maximum atomic E-state index is 12.4. The zero-order chi connectivity index (χ0) is 15.1. The fraction of sp³-hybridized carbons (Fsp3) is 0.105. The van der Waals surface area contributed by atoms with Crippen LogP contribution in [0, 0.1) is 6.92 Å². The summed E-state index contributed by atoms with van der Waals surface area (Å²) in [6, 6.07) is 16.2. The summed E-state index contributed by atoms with van der Waals surface area (Å²) in [6.07, 6.45) is 2.03. The van der Waals surface area contributed by atoms with E-state index in [4.69, 9.17) is 0 Å². The summed E-state index contributed by atoms with van der Waals surface area (Å²) >= 11 is 0. The van der Waals surface area contributed by atoms with Gasteiger partial charge in [-0.05, 0) is 41.0 Å². The second-order valence-electron chi connectivity index (χ2n) is 5.55. The third-order valence-corrected chi connectivity index (χ3v) is 4.07. The summed E-state index contributed by atoms with van der Waals surface area (Å²) in [5.41, 5.74) is 3.38. The second kappa shape index (κ2) is 4.88. The van der Waals surface area contributed by atoms with E-state index in [-0.39, 0.29) is 5.78 Å². The highest BCUT2D eigenvalue weighted by Gasteiger charge is 2.23. The van der Waals surface area contributed by atoms with Crippen molar-refractivity contribution in [3.05, 3.63) is 71.4 Å². The molecule has 0 bridgehead atoms. The van der Waals surface area contributed by atoms with Crippen molar-refractivity contribution in [2.75, 3.05) is 0 Å². The van der Waals surface area contributed by atoms with Gasteiger partial charge in [-0.25, -0.2) is 9.98 Å². The molecule has 3 heteroatoms. The van der Waals surface area contributed by atoms with Gasteiger partial charge in [-0.3, -0.25) is 4.79 Å². The number of aromatic nitrogens is 1. The Morgan fingerprint density at radius 2 is 1.82 bits per heavy atom. The Balaban J connectivity index is 1.87. The Morgan fingerprint density at radius 3 is 2.68 bits per heavy atom. The molecule has 0 atom stereocenters. The smallest absolute Gasteiger partial charge is 0.172 e. The van der Waals surface area contributed by atoms with Crippen molar-refractivity contribution >= 4 is 28.1 Å². The topological polar surface area (TPSA) is 42.3 Å². The van der Waals surface area contributed by atoms with Crippen LogP contribution in [0.2, 0.25) is 0 Å². The van der Waals surface area contributed by atoms with Crippen LogP contribution in [0.15, 0.2) is 59.7 Å². The van der Waals surface area contributed by atoms with Gasteiger partial charge in [-0.1, -0.05) is 36.4 Å². The minimum atomic E-state index is 0.0961. The van der Waals surface area contributed by atoms with Gasteiger partial charge >= 0.3 is 0 Å². The van der Waals surface area contributed by atoms with E-state index in [1.165, 1.54) is 5.39 Å². The molecule has 0 unspecified atom stereocenters. The molecule has 0 fully saturated rings. The predicted octanol–water partition coefficient (Wildman–Crippen LogP) is 4.25. The van der Waals surface area contributed by atoms with Gasteiger partial charge in [0, 0.05) is 6.20 Å². The van der Waals surface area contributed by atoms with Crippen LogP contribution in [-0.4, -0.2) is 16.5 Å². The Labute approximate surface area is 128 Å². The van der Waals surface area contributed by atoms with Crippen molar-refractivity contribution in [3.63, 3.8) is 0 Å². The fourth-order valence-corrected chi connectivity index (χ4v) is 2.92. The number of aliphatic imine (C=N–C) groups is 1. The van der Waals surface area contributed by atoms with E-state index >= 15 is 0 Å². The van der Waals surface area contributed by atoms with Crippen molar-refractivity contribution in [1.82, 2.24) is 4.98 Å². The molecule has 3 nitrogen and oxygen atoms in total. The van der Waals surface area contributed by atoms with E-state index in [1.54, 1.807) is 6.20 Å². The average molecular weight is 286 g/mol. The van der Waals surface area contributed by atoms with Gasteiger partial charge in [0.1, 0.15) is 0 Å². The molecule has 4 rings (SSSR count). The van der Waals surface area contributed by atoms with Crippen LogP contribution in [0.4, 0.5) is 5.82 Å². The third kappa shape index (κ3) is 2.02. The monoisotopic (exact) mass is 286 g/mol. The summed E-state index contributed by atoms with van der Waals surface area (Å²) in [7, 11) is 0. The molecule has 106 valence electrons. The van der Waals surface area contributed by atoms with Crippen LogP contribution >= 0.6 is 0 Å². The van der Waals surface area contributed by atoms with Crippen LogP contribution in [-0.2, 0) is 0 Å². The van der Waals surface area contributed by atoms with Gasteiger partial charge in [-0.2, -0.15) is 0 Å². The van der Waals surface area contributed by atoms with Gasteiger partial charge in [0.2, 0.25) is 0 Å². The Kier molecular flexibility index (Phi) is 2.86. The molecule has 2 heterocycles. The molecule has 3 aromatic rings. The maximum absolute atomic E-state index is 12.4. The zero-order valence-electron chi connectivity index (χ0n) is 12.2.